The predicted molar refractivity (Wildman–Crippen MR) is 59.9 cm³/mol. The Morgan fingerprint density at radius 1 is 1.29 bits per heavy atom. The zero-order valence-electron chi connectivity index (χ0n) is 10.1. The lowest BCUT2D eigenvalue weighted by Crippen LogP contribution is -2.31. The van der Waals surface area contributed by atoms with Crippen LogP contribution in [0.3, 0.4) is 0 Å². The molecule has 0 radical (unpaired) electrons. The van der Waals surface area contributed by atoms with Crippen molar-refractivity contribution >= 4 is 0 Å². The fourth-order valence-corrected chi connectivity index (χ4v) is 3.06. The van der Waals surface area contributed by atoms with E-state index in [9.17, 15) is 8.78 Å². The topological polar surface area (TPSA) is 21.1 Å². The first-order valence-corrected chi connectivity index (χ1v) is 6.15. The van der Waals surface area contributed by atoms with Crippen LogP contribution in [0.25, 0.3) is 0 Å². The fourth-order valence-electron chi connectivity index (χ4n) is 3.06. The van der Waals surface area contributed by atoms with Crippen LogP contribution >= 0.6 is 0 Å². The number of hydrogen-bond acceptors (Lipinski definition) is 2. The van der Waals surface area contributed by atoms with Gasteiger partial charge in [0.15, 0.2) is 0 Å². The Hall–Kier alpha value is -0.970. The molecule has 0 amide bonds. The Kier molecular flexibility index (Phi) is 2.47. The van der Waals surface area contributed by atoms with Crippen LogP contribution in [0.1, 0.15) is 32.0 Å². The van der Waals surface area contributed by atoms with E-state index in [1.54, 1.807) is 6.07 Å². The van der Waals surface area contributed by atoms with Crippen molar-refractivity contribution in [2.24, 2.45) is 11.8 Å². The molecular weight excluding hydrogens is 224 g/mol. The second kappa shape index (κ2) is 3.77. The number of fused-ring (bicyclic) bond motifs is 1. The van der Waals surface area contributed by atoms with Gasteiger partial charge in [-0.15, -0.1) is 0 Å². The number of piperidine rings is 1. The molecule has 5 heteroatoms. The highest BCUT2D eigenvalue weighted by atomic mass is 19.3. The normalized spacial score (nSPS) is 32.5. The summed E-state index contributed by atoms with van der Waals surface area (Å²) in [6.07, 6.45) is 1.38. The molecule has 0 bridgehead atoms. The lowest BCUT2D eigenvalue weighted by molar-refractivity contribution is 0.0561. The Balaban J connectivity index is 1.66. The van der Waals surface area contributed by atoms with E-state index in [1.807, 2.05) is 0 Å². The third-order valence-electron chi connectivity index (χ3n) is 4.12. The van der Waals surface area contributed by atoms with Crippen LogP contribution in [0.2, 0.25) is 0 Å². The Morgan fingerprint density at radius 2 is 1.94 bits per heavy atom. The van der Waals surface area contributed by atoms with Crippen molar-refractivity contribution in [3.8, 4) is 0 Å². The lowest BCUT2D eigenvalue weighted by Gasteiger charge is -2.23. The number of halogens is 2. The van der Waals surface area contributed by atoms with Gasteiger partial charge in [-0.3, -0.25) is 0 Å². The quantitative estimate of drug-likeness (QED) is 0.810. The number of likely N-dealkylation sites (tertiary alicyclic amines) is 1. The summed E-state index contributed by atoms with van der Waals surface area (Å²) in [5.74, 6) is 1.70. The highest BCUT2D eigenvalue weighted by molar-refractivity contribution is 5.24. The van der Waals surface area contributed by atoms with Crippen molar-refractivity contribution in [1.82, 2.24) is 14.7 Å². The lowest BCUT2D eigenvalue weighted by atomic mass is 10.2. The summed E-state index contributed by atoms with van der Waals surface area (Å²) in [7, 11) is 0. The molecule has 1 saturated carbocycles. The molecule has 94 valence electrons. The molecule has 2 aliphatic rings. The standard InChI is InChI=1S/C12H17F2N3/c1-7(2)16-5-8-9(6-16)11(8)10-3-4-17(15-10)12(13)14/h3-4,7-9,11-12H,5-6H2,1-2H3. The number of alkyl halides is 2. The Morgan fingerprint density at radius 3 is 2.41 bits per heavy atom. The van der Waals surface area contributed by atoms with Gasteiger partial charge in [0.25, 0.3) is 0 Å². The van der Waals surface area contributed by atoms with Gasteiger partial charge < -0.3 is 4.90 Å². The van der Waals surface area contributed by atoms with Crippen LogP contribution in [-0.4, -0.2) is 33.8 Å². The van der Waals surface area contributed by atoms with E-state index in [4.69, 9.17) is 0 Å². The van der Waals surface area contributed by atoms with Crippen molar-refractivity contribution in [1.29, 1.82) is 0 Å². The fraction of sp³-hybridized carbons (Fsp3) is 0.750. The molecule has 0 spiro atoms. The molecule has 1 aromatic heterocycles. The van der Waals surface area contributed by atoms with Crippen LogP contribution in [0, 0.1) is 11.8 Å². The molecule has 3 rings (SSSR count). The summed E-state index contributed by atoms with van der Waals surface area (Å²) in [5.41, 5.74) is 0.851. The minimum absolute atomic E-state index is 0.421. The van der Waals surface area contributed by atoms with Crippen LogP contribution in [0.5, 0.6) is 0 Å². The number of hydrogen-bond donors (Lipinski definition) is 0. The van der Waals surface area contributed by atoms with Crippen LogP contribution in [0.4, 0.5) is 8.78 Å². The maximum Gasteiger partial charge on any atom is 0.333 e. The maximum absolute atomic E-state index is 12.4. The van der Waals surface area contributed by atoms with E-state index >= 15 is 0 Å². The Bertz CT molecular complexity index is 404. The van der Waals surface area contributed by atoms with E-state index in [0.29, 0.717) is 23.8 Å². The largest absolute Gasteiger partial charge is 0.333 e. The van der Waals surface area contributed by atoms with Gasteiger partial charge in [0.2, 0.25) is 0 Å². The van der Waals surface area contributed by atoms with Gasteiger partial charge in [-0.1, -0.05) is 0 Å². The molecule has 1 aliphatic carbocycles. The van der Waals surface area contributed by atoms with E-state index in [2.05, 4.69) is 23.8 Å². The zero-order valence-corrected chi connectivity index (χ0v) is 10.1. The Labute approximate surface area is 99.4 Å². The molecule has 17 heavy (non-hydrogen) atoms. The molecule has 2 heterocycles. The third kappa shape index (κ3) is 1.76. The average Bonchev–Trinajstić information content (AvgIpc) is 2.75. The summed E-state index contributed by atoms with van der Waals surface area (Å²) >= 11 is 0. The highest BCUT2D eigenvalue weighted by Gasteiger charge is 2.57. The smallest absolute Gasteiger partial charge is 0.300 e. The van der Waals surface area contributed by atoms with Gasteiger partial charge in [0, 0.05) is 31.2 Å². The number of rotatable bonds is 3. The highest BCUT2D eigenvalue weighted by Crippen LogP contribution is 2.58. The zero-order chi connectivity index (χ0) is 12.2. The van der Waals surface area contributed by atoms with E-state index in [1.165, 1.54) is 6.20 Å². The van der Waals surface area contributed by atoms with Gasteiger partial charge in [0.1, 0.15) is 0 Å². The van der Waals surface area contributed by atoms with Crippen LogP contribution in [0.15, 0.2) is 12.3 Å². The molecule has 2 fully saturated rings. The number of aromatic nitrogens is 2. The van der Waals surface area contributed by atoms with Gasteiger partial charge in [-0.05, 0) is 31.7 Å². The van der Waals surface area contributed by atoms with Gasteiger partial charge >= 0.3 is 6.55 Å². The third-order valence-corrected chi connectivity index (χ3v) is 4.12. The summed E-state index contributed by atoms with van der Waals surface area (Å²) in [5, 5.41) is 3.97. The number of nitrogens with zero attached hydrogens (tertiary/aromatic N) is 3. The van der Waals surface area contributed by atoms with Crippen molar-refractivity contribution in [2.45, 2.75) is 32.4 Å². The van der Waals surface area contributed by atoms with Crippen molar-refractivity contribution in [3.63, 3.8) is 0 Å². The summed E-state index contributed by atoms with van der Waals surface area (Å²) in [4.78, 5) is 2.45. The van der Waals surface area contributed by atoms with Crippen molar-refractivity contribution in [2.75, 3.05) is 13.1 Å². The molecule has 1 aliphatic heterocycles. The first kappa shape index (κ1) is 11.1. The SMILES string of the molecule is CC(C)N1CC2C(C1)C2c1ccn(C(F)F)n1. The maximum atomic E-state index is 12.4. The summed E-state index contributed by atoms with van der Waals surface area (Å²) in [6.45, 7) is 4.06. The molecule has 0 N–H and O–H groups in total. The average molecular weight is 241 g/mol. The first-order chi connectivity index (χ1) is 8.08. The predicted octanol–water partition coefficient (Wildman–Crippen LogP) is 2.33. The van der Waals surface area contributed by atoms with Gasteiger partial charge in [0.05, 0.1) is 5.69 Å². The minimum atomic E-state index is -2.52. The monoisotopic (exact) mass is 241 g/mol. The van der Waals surface area contributed by atoms with Gasteiger partial charge in [-0.25, -0.2) is 4.68 Å². The first-order valence-electron chi connectivity index (χ1n) is 6.15. The van der Waals surface area contributed by atoms with Crippen LogP contribution in [-0.2, 0) is 0 Å². The minimum Gasteiger partial charge on any atom is -0.300 e. The van der Waals surface area contributed by atoms with Crippen molar-refractivity contribution < 1.29 is 8.78 Å². The molecule has 0 aromatic carbocycles. The van der Waals surface area contributed by atoms with Gasteiger partial charge in [-0.2, -0.15) is 13.9 Å². The second-order valence-corrected chi connectivity index (χ2v) is 5.40. The van der Waals surface area contributed by atoms with E-state index in [-0.39, 0.29) is 0 Å². The van der Waals surface area contributed by atoms with Crippen LogP contribution < -0.4 is 0 Å². The molecule has 1 saturated heterocycles. The van der Waals surface area contributed by atoms with E-state index in [0.717, 1.165) is 23.5 Å². The molecule has 2 atom stereocenters. The molecule has 3 nitrogen and oxygen atoms in total. The summed E-state index contributed by atoms with van der Waals surface area (Å²) in [6, 6.07) is 2.33. The second-order valence-electron chi connectivity index (χ2n) is 5.40. The van der Waals surface area contributed by atoms with E-state index < -0.39 is 6.55 Å². The molecule has 1 aromatic rings. The molecular formula is C12H17F2N3. The van der Waals surface area contributed by atoms with Crippen molar-refractivity contribution in [3.05, 3.63) is 18.0 Å². The summed E-state index contributed by atoms with van der Waals surface area (Å²) < 4.78 is 25.6. The molecule has 2 unspecified atom stereocenters.